The second-order valence-corrected chi connectivity index (χ2v) is 6.89. The number of rotatable bonds is 5. The van der Waals surface area contributed by atoms with Crippen LogP contribution in [-0.2, 0) is 4.74 Å². The van der Waals surface area contributed by atoms with E-state index in [-0.39, 0.29) is 18.3 Å². The van der Waals surface area contributed by atoms with E-state index in [1.807, 2.05) is 6.92 Å². The summed E-state index contributed by atoms with van der Waals surface area (Å²) in [5.41, 5.74) is 3.67. The fourth-order valence-corrected chi connectivity index (χ4v) is 3.71. The lowest BCUT2D eigenvalue weighted by molar-refractivity contribution is 0.0526. The van der Waals surface area contributed by atoms with Crippen molar-refractivity contribution in [2.75, 3.05) is 18.6 Å². The van der Waals surface area contributed by atoms with Gasteiger partial charge in [0, 0.05) is 16.9 Å². The van der Waals surface area contributed by atoms with Crippen molar-refractivity contribution in [3.63, 3.8) is 0 Å². The van der Waals surface area contributed by atoms with Crippen molar-refractivity contribution in [1.82, 2.24) is 10.2 Å². The number of fused-ring (bicyclic) bond motifs is 1. The van der Waals surface area contributed by atoms with Crippen molar-refractivity contribution in [3.05, 3.63) is 70.5 Å². The van der Waals surface area contributed by atoms with Gasteiger partial charge in [-0.15, -0.1) is 0 Å². The molecular weight excluding hydrogens is 386 g/mol. The summed E-state index contributed by atoms with van der Waals surface area (Å²) in [4.78, 5) is 26.8. The summed E-state index contributed by atoms with van der Waals surface area (Å²) in [5.74, 6) is -0.344. The zero-order valence-electron chi connectivity index (χ0n) is 16.8. The minimum Gasteiger partial charge on any atom is -0.504 e. The summed E-state index contributed by atoms with van der Waals surface area (Å²) < 4.78 is 10.3. The number of esters is 1. The topological polar surface area (TPSA) is 105 Å². The maximum Gasteiger partial charge on any atom is 0.338 e. The molecule has 1 aliphatic heterocycles. The van der Waals surface area contributed by atoms with Gasteiger partial charge in [-0.2, -0.15) is 5.10 Å². The molecule has 0 spiro atoms. The Morgan fingerprint density at radius 1 is 1.23 bits per heavy atom. The zero-order valence-corrected chi connectivity index (χ0v) is 16.8. The molecule has 8 heteroatoms. The first-order valence-corrected chi connectivity index (χ1v) is 9.48. The Morgan fingerprint density at radius 2 is 1.97 bits per heavy atom. The number of hydrogen-bond donors (Lipinski definition) is 2. The van der Waals surface area contributed by atoms with Crippen molar-refractivity contribution in [2.45, 2.75) is 19.9 Å². The van der Waals surface area contributed by atoms with E-state index < -0.39 is 12.0 Å². The van der Waals surface area contributed by atoms with Gasteiger partial charge in [-0.05, 0) is 55.8 Å². The van der Waals surface area contributed by atoms with Crippen LogP contribution in [0.5, 0.6) is 11.5 Å². The number of aromatic amines is 1. The largest absolute Gasteiger partial charge is 0.504 e. The average molecular weight is 407 g/mol. The van der Waals surface area contributed by atoms with E-state index in [1.54, 1.807) is 48.2 Å². The van der Waals surface area contributed by atoms with Crippen molar-refractivity contribution >= 4 is 17.6 Å². The number of nitrogens with zero attached hydrogens (tertiary/aromatic N) is 2. The lowest BCUT2D eigenvalue weighted by Gasteiger charge is -2.26. The van der Waals surface area contributed by atoms with E-state index in [4.69, 9.17) is 9.47 Å². The first kappa shape index (κ1) is 19.5. The normalized spacial score (nSPS) is 15.2. The van der Waals surface area contributed by atoms with Crippen LogP contribution in [0.25, 0.3) is 0 Å². The van der Waals surface area contributed by atoms with Crippen molar-refractivity contribution in [2.24, 2.45) is 0 Å². The summed E-state index contributed by atoms with van der Waals surface area (Å²) in [6, 6.07) is 11.2. The van der Waals surface area contributed by atoms with Crippen LogP contribution in [0, 0.1) is 6.92 Å². The third-order valence-electron chi connectivity index (χ3n) is 5.12. The number of aromatic hydroxyl groups is 1. The average Bonchev–Trinajstić information content (AvgIpc) is 3.27. The van der Waals surface area contributed by atoms with E-state index in [1.165, 1.54) is 13.2 Å². The molecule has 1 aliphatic rings. The minimum absolute atomic E-state index is 0.0139. The highest BCUT2D eigenvalue weighted by molar-refractivity contribution is 6.10. The maximum atomic E-state index is 13.2. The van der Waals surface area contributed by atoms with Crippen molar-refractivity contribution < 1.29 is 24.2 Å². The number of benzene rings is 2. The molecule has 0 unspecified atom stereocenters. The Kier molecular flexibility index (Phi) is 4.91. The second-order valence-electron chi connectivity index (χ2n) is 6.89. The van der Waals surface area contributed by atoms with E-state index in [0.29, 0.717) is 22.7 Å². The summed E-state index contributed by atoms with van der Waals surface area (Å²) in [5, 5.41) is 17.0. The third-order valence-corrected chi connectivity index (χ3v) is 5.12. The molecule has 8 nitrogen and oxygen atoms in total. The SMILES string of the molecule is CCOC(=O)c1ccc(N2C(=O)c3n[nH]c(C)c3[C@@H]2c2ccc(O)c(OC)c2)cc1. The molecule has 1 amide bonds. The fraction of sp³-hybridized carbons (Fsp3) is 0.227. The van der Waals surface area contributed by atoms with Gasteiger partial charge in [0.1, 0.15) is 0 Å². The summed E-state index contributed by atoms with van der Waals surface area (Å²) >= 11 is 0. The number of H-pyrrole nitrogens is 1. The molecular formula is C22H21N3O5. The molecule has 2 N–H and O–H groups in total. The van der Waals surface area contributed by atoms with Crippen LogP contribution in [0.15, 0.2) is 42.5 Å². The molecule has 4 rings (SSSR count). The highest BCUT2D eigenvalue weighted by atomic mass is 16.5. The van der Waals surface area contributed by atoms with Gasteiger partial charge in [0.15, 0.2) is 17.2 Å². The smallest absolute Gasteiger partial charge is 0.338 e. The number of ether oxygens (including phenoxy) is 2. The highest BCUT2D eigenvalue weighted by Crippen LogP contribution is 2.44. The van der Waals surface area contributed by atoms with E-state index in [0.717, 1.165) is 16.8 Å². The first-order chi connectivity index (χ1) is 14.5. The monoisotopic (exact) mass is 407 g/mol. The lowest BCUT2D eigenvalue weighted by atomic mass is 9.98. The Balaban J connectivity index is 1.80. The predicted molar refractivity (Wildman–Crippen MR) is 109 cm³/mol. The zero-order chi connectivity index (χ0) is 21.4. The van der Waals surface area contributed by atoms with Crippen molar-refractivity contribution in [1.29, 1.82) is 0 Å². The number of hydrogen-bond acceptors (Lipinski definition) is 6. The Hall–Kier alpha value is -3.81. The quantitative estimate of drug-likeness (QED) is 0.629. The van der Waals surface area contributed by atoms with Gasteiger partial charge in [0.2, 0.25) is 0 Å². The molecule has 154 valence electrons. The van der Waals surface area contributed by atoms with Crippen LogP contribution in [0.2, 0.25) is 0 Å². The molecule has 0 fully saturated rings. The number of carbonyl (C=O) groups excluding carboxylic acids is 2. The molecule has 2 heterocycles. The summed E-state index contributed by atoms with van der Waals surface area (Å²) in [6.45, 7) is 3.89. The molecule has 0 bridgehead atoms. The Bertz CT molecular complexity index is 1120. The highest BCUT2D eigenvalue weighted by Gasteiger charge is 2.42. The minimum atomic E-state index is -0.464. The van der Waals surface area contributed by atoms with Crippen LogP contribution >= 0.6 is 0 Å². The van der Waals surface area contributed by atoms with Gasteiger partial charge in [0.25, 0.3) is 5.91 Å². The molecule has 30 heavy (non-hydrogen) atoms. The second kappa shape index (κ2) is 7.55. The van der Waals surface area contributed by atoms with Gasteiger partial charge < -0.3 is 14.6 Å². The van der Waals surface area contributed by atoms with Gasteiger partial charge >= 0.3 is 5.97 Å². The van der Waals surface area contributed by atoms with Gasteiger partial charge in [-0.1, -0.05) is 6.07 Å². The third kappa shape index (κ3) is 3.06. The lowest BCUT2D eigenvalue weighted by Crippen LogP contribution is -2.29. The molecule has 3 aromatic rings. The standard InChI is InChI=1S/C22H21N3O5/c1-4-30-22(28)13-5-8-15(9-6-13)25-20(14-7-10-16(26)17(11-14)29-3)18-12(2)23-24-19(18)21(25)27/h5-11,20,26H,4H2,1-3H3,(H,23,24)/t20-/m0/s1. The fourth-order valence-electron chi connectivity index (χ4n) is 3.71. The number of phenols is 1. The first-order valence-electron chi connectivity index (χ1n) is 9.48. The van der Waals surface area contributed by atoms with Gasteiger partial charge in [-0.25, -0.2) is 4.79 Å². The molecule has 0 saturated carbocycles. The van der Waals surface area contributed by atoms with Crippen LogP contribution in [-0.4, -0.2) is 40.9 Å². The summed E-state index contributed by atoms with van der Waals surface area (Å²) in [6.07, 6.45) is 0. The molecule has 1 aromatic heterocycles. The number of aryl methyl sites for hydroxylation is 1. The van der Waals surface area contributed by atoms with E-state index in [2.05, 4.69) is 10.2 Å². The van der Waals surface area contributed by atoms with Crippen LogP contribution in [0.3, 0.4) is 0 Å². The van der Waals surface area contributed by atoms with Gasteiger partial charge in [0.05, 0.1) is 25.3 Å². The Labute approximate surface area is 173 Å². The van der Waals surface area contributed by atoms with Gasteiger partial charge in [-0.3, -0.25) is 14.8 Å². The van der Waals surface area contributed by atoms with E-state index >= 15 is 0 Å². The summed E-state index contributed by atoms with van der Waals surface area (Å²) in [7, 11) is 1.47. The molecule has 1 atom stereocenters. The molecule has 0 saturated heterocycles. The number of amides is 1. The van der Waals surface area contributed by atoms with E-state index in [9.17, 15) is 14.7 Å². The Morgan fingerprint density at radius 3 is 2.63 bits per heavy atom. The number of nitrogens with one attached hydrogen (secondary N) is 1. The number of anilines is 1. The van der Waals surface area contributed by atoms with Crippen molar-refractivity contribution in [3.8, 4) is 11.5 Å². The molecule has 0 aliphatic carbocycles. The maximum absolute atomic E-state index is 13.2. The van der Waals surface area contributed by atoms with Crippen LogP contribution in [0.1, 0.15) is 50.6 Å². The number of carbonyl (C=O) groups is 2. The predicted octanol–water partition coefficient (Wildman–Crippen LogP) is 3.36. The molecule has 0 radical (unpaired) electrons. The van der Waals surface area contributed by atoms with Crippen LogP contribution < -0.4 is 9.64 Å². The molecule has 2 aromatic carbocycles. The van der Waals surface area contributed by atoms with Crippen LogP contribution in [0.4, 0.5) is 5.69 Å². The number of aromatic nitrogens is 2. The number of phenolic OH excluding ortho intramolecular Hbond substituents is 1. The number of methoxy groups -OCH3 is 1.